The third kappa shape index (κ3) is 4.53. The van der Waals surface area contributed by atoms with Crippen LogP contribution in [0.3, 0.4) is 0 Å². The van der Waals surface area contributed by atoms with Crippen LogP contribution in [-0.4, -0.2) is 44.8 Å². The van der Waals surface area contributed by atoms with E-state index in [1.807, 2.05) is 31.3 Å². The van der Waals surface area contributed by atoms with E-state index in [1.54, 1.807) is 12.4 Å². The monoisotopic (exact) mass is 539 g/mol. The summed E-state index contributed by atoms with van der Waals surface area (Å²) in [6, 6.07) is 10.1. The summed E-state index contributed by atoms with van der Waals surface area (Å²) < 4.78 is 6.21. The number of aromatic amines is 1. The first kappa shape index (κ1) is 23.9. The van der Waals surface area contributed by atoms with Crippen LogP contribution in [0.15, 0.2) is 48.9 Å². The van der Waals surface area contributed by atoms with Gasteiger partial charge in [0.15, 0.2) is 0 Å². The van der Waals surface area contributed by atoms with Crippen LogP contribution >= 0.6 is 35.0 Å². The van der Waals surface area contributed by atoms with Gasteiger partial charge < -0.3 is 9.64 Å². The minimum absolute atomic E-state index is 0.340. The molecule has 0 radical (unpaired) electrons. The number of nitrogens with zero attached hydrogens (tertiary/aromatic N) is 4. The van der Waals surface area contributed by atoms with Crippen molar-refractivity contribution in [3.8, 4) is 17.0 Å². The Morgan fingerprint density at radius 2 is 1.86 bits per heavy atom. The second-order valence-electron chi connectivity index (χ2n) is 9.75. The Morgan fingerprint density at radius 1 is 1.06 bits per heavy atom. The first-order valence-corrected chi connectivity index (χ1v) is 14.2. The number of benzene rings is 1. The lowest BCUT2D eigenvalue weighted by Crippen LogP contribution is -2.40. The highest BCUT2D eigenvalue weighted by Gasteiger charge is 2.37. The molecule has 0 bridgehead atoms. The molecular weight excluding hydrogens is 513 g/mol. The summed E-state index contributed by atoms with van der Waals surface area (Å²) in [6.07, 6.45) is 8.65. The molecule has 5 heterocycles. The van der Waals surface area contributed by atoms with Crippen LogP contribution in [0, 0.1) is 5.41 Å². The smallest absolute Gasteiger partial charge is 0.128 e. The van der Waals surface area contributed by atoms with E-state index in [4.69, 9.17) is 32.9 Å². The molecule has 1 spiro atoms. The fraction of sp³-hybridized carbons (Fsp3) is 0.370. The van der Waals surface area contributed by atoms with Crippen molar-refractivity contribution in [3.63, 3.8) is 0 Å². The number of fused-ring (bicyclic) bond motifs is 1. The molecule has 186 valence electrons. The van der Waals surface area contributed by atoms with Crippen LogP contribution in [0.5, 0.6) is 5.75 Å². The second-order valence-corrected chi connectivity index (χ2v) is 11.7. The molecule has 6 rings (SSSR count). The Morgan fingerprint density at radius 3 is 2.56 bits per heavy atom. The summed E-state index contributed by atoms with van der Waals surface area (Å²) >= 11 is 14.8. The number of nitrogens with one attached hydrogen (secondary N) is 1. The number of hydrogen-bond acceptors (Lipinski definition) is 6. The molecular formula is C27H27Cl2N5OS. The third-order valence-corrected chi connectivity index (χ3v) is 9.41. The highest BCUT2D eigenvalue weighted by molar-refractivity contribution is 7.99. The molecule has 0 aliphatic carbocycles. The van der Waals surface area contributed by atoms with Crippen LogP contribution < -0.4 is 9.64 Å². The first-order valence-electron chi connectivity index (χ1n) is 12.2. The Hall–Kier alpha value is -2.48. The van der Waals surface area contributed by atoms with Gasteiger partial charge in [0.2, 0.25) is 0 Å². The first-order chi connectivity index (χ1) is 17.5. The standard InChI is InChI=1S/C27H27Cl2N5OS/c1-17(25-21(28)14-30-15-22(25)29)35-19-3-4-23-20(12-19)26(33-32-23)18-2-5-24(31-13-18)34-9-6-27(7-10-34)8-11-36-16-27/h2-5,12-15,17H,6-11,16H2,1H3,(H,32,33)/t17-/m1/s1. The number of aromatic nitrogens is 4. The molecule has 36 heavy (non-hydrogen) atoms. The van der Waals surface area contributed by atoms with Crippen molar-refractivity contribution < 1.29 is 4.74 Å². The number of halogens is 2. The fourth-order valence-corrected chi connectivity index (χ4v) is 7.59. The van der Waals surface area contributed by atoms with Gasteiger partial charge in [-0.2, -0.15) is 16.9 Å². The average molecular weight is 541 g/mol. The topological polar surface area (TPSA) is 66.9 Å². The number of pyridine rings is 2. The largest absolute Gasteiger partial charge is 0.486 e. The molecule has 0 saturated carbocycles. The zero-order valence-corrected chi connectivity index (χ0v) is 22.3. The zero-order valence-electron chi connectivity index (χ0n) is 20.0. The van der Waals surface area contributed by atoms with E-state index in [-0.39, 0.29) is 6.10 Å². The van der Waals surface area contributed by atoms with Crippen LogP contribution in [0.4, 0.5) is 5.82 Å². The molecule has 4 aromatic rings. The molecule has 1 N–H and O–H groups in total. The Bertz CT molecular complexity index is 1360. The number of rotatable bonds is 5. The zero-order chi connectivity index (χ0) is 24.7. The lowest BCUT2D eigenvalue weighted by atomic mass is 9.78. The summed E-state index contributed by atoms with van der Waals surface area (Å²) in [4.78, 5) is 11.3. The predicted molar refractivity (Wildman–Crippen MR) is 148 cm³/mol. The average Bonchev–Trinajstić information content (AvgIpc) is 3.52. The van der Waals surface area contributed by atoms with Gasteiger partial charge in [0.1, 0.15) is 23.4 Å². The molecule has 2 aliphatic rings. The van der Waals surface area contributed by atoms with Crippen molar-refractivity contribution in [2.45, 2.75) is 32.3 Å². The summed E-state index contributed by atoms with van der Waals surface area (Å²) in [5.74, 6) is 4.40. The number of thioether (sulfide) groups is 1. The minimum atomic E-state index is -0.340. The second kappa shape index (κ2) is 9.77. The Balaban J connectivity index is 1.21. The van der Waals surface area contributed by atoms with Gasteiger partial charge in [0.05, 0.1) is 15.6 Å². The van der Waals surface area contributed by atoms with Crippen molar-refractivity contribution in [2.24, 2.45) is 5.41 Å². The van der Waals surface area contributed by atoms with Crippen molar-refractivity contribution in [1.29, 1.82) is 0 Å². The van der Waals surface area contributed by atoms with Gasteiger partial charge in [-0.15, -0.1) is 0 Å². The molecule has 2 saturated heterocycles. The van der Waals surface area contributed by atoms with Crippen molar-refractivity contribution in [1.82, 2.24) is 20.2 Å². The molecule has 0 amide bonds. The number of H-pyrrole nitrogens is 1. The van der Waals surface area contributed by atoms with E-state index >= 15 is 0 Å². The van der Waals surface area contributed by atoms with Gasteiger partial charge in [0.25, 0.3) is 0 Å². The number of piperidine rings is 1. The van der Waals surface area contributed by atoms with Crippen LogP contribution in [0.1, 0.15) is 37.9 Å². The molecule has 2 fully saturated rings. The van der Waals surface area contributed by atoms with Gasteiger partial charge in [-0.3, -0.25) is 10.1 Å². The van der Waals surface area contributed by atoms with E-state index < -0.39 is 0 Å². The lowest BCUT2D eigenvalue weighted by Gasteiger charge is -2.39. The third-order valence-electron chi connectivity index (χ3n) is 7.50. The van der Waals surface area contributed by atoms with Crippen LogP contribution in [0.25, 0.3) is 22.2 Å². The lowest BCUT2D eigenvalue weighted by molar-refractivity contribution is 0.227. The molecule has 1 atom stereocenters. The normalized spacial score (nSPS) is 18.1. The Labute approximate surface area is 224 Å². The molecule has 2 aliphatic heterocycles. The van der Waals surface area contributed by atoms with E-state index in [0.29, 0.717) is 21.2 Å². The van der Waals surface area contributed by atoms with Gasteiger partial charge >= 0.3 is 0 Å². The molecule has 6 nitrogen and oxygen atoms in total. The van der Waals surface area contributed by atoms with Gasteiger partial charge in [-0.1, -0.05) is 23.2 Å². The van der Waals surface area contributed by atoms with Crippen molar-refractivity contribution in [3.05, 3.63) is 64.5 Å². The summed E-state index contributed by atoms with van der Waals surface area (Å²) in [7, 11) is 0. The van der Waals surface area contributed by atoms with Gasteiger partial charge in [-0.05, 0) is 73.4 Å². The minimum Gasteiger partial charge on any atom is -0.486 e. The quantitative estimate of drug-likeness (QED) is 0.289. The predicted octanol–water partition coefficient (Wildman–Crippen LogP) is 7.19. The summed E-state index contributed by atoms with van der Waals surface area (Å²) in [6.45, 7) is 4.09. The maximum atomic E-state index is 6.32. The van der Waals surface area contributed by atoms with Crippen molar-refractivity contribution in [2.75, 3.05) is 29.5 Å². The summed E-state index contributed by atoms with van der Waals surface area (Å²) in [5, 5.41) is 9.64. The van der Waals surface area contributed by atoms with Crippen LogP contribution in [-0.2, 0) is 0 Å². The number of hydrogen-bond donors (Lipinski definition) is 1. The molecule has 9 heteroatoms. The SMILES string of the molecule is C[C@@H](Oc1ccc2[nH]nc(-c3ccc(N4CCC5(CCSC5)CC4)nc3)c2c1)c1c(Cl)cncc1Cl. The highest BCUT2D eigenvalue weighted by atomic mass is 35.5. The maximum absolute atomic E-state index is 6.32. The van der Waals surface area contributed by atoms with Gasteiger partial charge in [-0.25, -0.2) is 4.98 Å². The van der Waals surface area contributed by atoms with Crippen LogP contribution in [0.2, 0.25) is 10.0 Å². The number of ether oxygens (including phenoxy) is 1. The summed E-state index contributed by atoms with van der Waals surface area (Å²) in [5.41, 5.74) is 4.04. The molecule has 0 unspecified atom stereocenters. The van der Waals surface area contributed by atoms with Gasteiger partial charge in [0, 0.05) is 48.2 Å². The van der Waals surface area contributed by atoms with E-state index in [1.165, 1.54) is 30.8 Å². The van der Waals surface area contributed by atoms with E-state index in [9.17, 15) is 0 Å². The fourth-order valence-electron chi connectivity index (χ4n) is 5.33. The number of anilines is 1. The maximum Gasteiger partial charge on any atom is 0.128 e. The highest BCUT2D eigenvalue weighted by Crippen LogP contribution is 2.44. The molecule has 3 aromatic heterocycles. The Kier molecular flexibility index (Phi) is 6.48. The van der Waals surface area contributed by atoms with E-state index in [0.717, 1.165) is 46.6 Å². The molecule has 1 aromatic carbocycles. The van der Waals surface area contributed by atoms with Crippen molar-refractivity contribution >= 4 is 51.7 Å². The van der Waals surface area contributed by atoms with E-state index in [2.05, 4.69) is 44.0 Å².